The van der Waals surface area contributed by atoms with E-state index in [2.05, 4.69) is 15.3 Å². The van der Waals surface area contributed by atoms with Crippen LogP contribution < -0.4 is 10.2 Å². The summed E-state index contributed by atoms with van der Waals surface area (Å²) in [5.74, 6) is -0.111. The number of hydrogen-bond acceptors (Lipinski definition) is 7. The molecule has 4 aromatic rings. The number of nitrogens with zero attached hydrogens (tertiary/aromatic N) is 3. The molecular weight excluding hydrogens is 512 g/mol. The van der Waals surface area contributed by atoms with Crippen molar-refractivity contribution >= 4 is 38.7 Å². The van der Waals surface area contributed by atoms with Crippen molar-refractivity contribution in [2.75, 3.05) is 16.0 Å². The van der Waals surface area contributed by atoms with Crippen LogP contribution in [0.4, 0.5) is 11.4 Å². The fraction of sp³-hybridized carbons (Fsp3) is 0.222. The number of nitrogens with one attached hydrogen (secondary N) is 1. The third kappa shape index (κ3) is 6.18. The summed E-state index contributed by atoms with van der Waals surface area (Å²) in [6.45, 7) is 5.87. The van der Waals surface area contributed by atoms with Crippen LogP contribution >= 0.6 is 11.6 Å². The SMILES string of the molecule is CCS(=O)(=O)c1ncc(N(Cc2ccco2)Cc2ccccc2Cl)c(C(=O)Nc2cc(C)ccc2C)n1. The molecule has 0 fully saturated rings. The summed E-state index contributed by atoms with van der Waals surface area (Å²) in [4.78, 5) is 23.8. The summed E-state index contributed by atoms with van der Waals surface area (Å²) < 4.78 is 30.8. The lowest BCUT2D eigenvalue weighted by atomic mass is 10.1. The van der Waals surface area contributed by atoms with Gasteiger partial charge >= 0.3 is 0 Å². The van der Waals surface area contributed by atoms with Crippen molar-refractivity contribution in [3.05, 3.63) is 100 Å². The van der Waals surface area contributed by atoms with Gasteiger partial charge in [-0.2, -0.15) is 0 Å². The first-order chi connectivity index (χ1) is 17.7. The molecule has 0 atom stereocenters. The maximum Gasteiger partial charge on any atom is 0.276 e. The van der Waals surface area contributed by atoms with Crippen LogP contribution in [0, 0.1) is 13.8 Å². The van der Waals surface area contributed by atoms with E-state index in [9.17, 15) is 13.2 Å². The van der Waals surface area contributed by atoms with Gasteiger partial charge in [-0.25, -0.2) is 18.4 Å². The fourth-order valence-corrected chi connectivity index (χ4v) is 4.64. The highest BCUT2D eigenvalue weighted by atomic mass is 35.5. The first-order valence-corrected chi connectivity index (χ1v) is 13.7. The number of rotatable bonds is 9. The molecule has 0 saturated carbocycles. The Hall–Kier alpha value is -3.69. The van der Waals surface area contributed by atoms with Crippen LogP contribution in [0.25, 0.3) is 0 Å². The lowest BCUT2D eigenvalue weighted by molar-refractivity contribution is 0.102. The van der Waals surface area contributed by atoms with Crippen LogP contribution in [-0.2, 0) is 22.9 Å². The van der Waals surface area contributed by atoms with Gasteiger partial charge in [0.15, 0.2) is 5.69 Å². The van der Waals surface area contributed by atoms with Crippen molar-refractivity contribution < 1.29 is 17.6 Å². The Morgan fingerprint density at radius 2 is 1.86 bits per heavy atom. The van der Waals surface area contributed by atoms with E-state index in [1.165, 1.54) is 13.1 Å². The number of halogens is 1. The summed E-state index contributed by atoms with van der Waals surface area (Å²) in [6, 6.07) is 16.6. The van der Waals surface area contributed by atoms with Crippen molar-refractivity contribution in [3.63, 3.8) is 0 Å². The second kappa shape index (κ2) is 11.1. The molecule has 4 rings (SSSR count). The highest BCUT2D eigenvalue weighted by Crippen LogP contribution is 2.28. The maximum atomic E-state index is 13.6. The molecule has 0 saturated heterocycles. The van der Waals surface area contributed by atoms with Gasteiger partial charge in [0.1, 0.15) is 5.76 Å². The van der Waals surface area contributed by atoms with Crippen LogP contribution in [0.3, 0.4) is 0 Å². The smallest absolute Gasteiger partial charge is 0.276 e. The summed E-state index contributed by atoms with van der Waals surface area (Å²) in [5, 5.41) is 3.05. The minimum Gasteiger partial charge on any atom is -0.467 e. The van der Waals surface area contributed by atoms with E-state index in [1.54, 1.807) is 18.4 Å². The Morgan fingerprint density at radius 3 is 2.57 bits per heavy atom. The van der Waals surface area contributed by atoms with E-state index in [0.29, 0.717) is 28.7 Å². The molecule has 0 aliphatic heterocycles. The number of amides is 1. The maximum absolute atomic E-state index is 13.6. The zero-order valence-corrected chi connectivity index (χ0v) is 22.3. The second-order valence-corrected chi connectivity index (χ2v) is 11.2. The summed E-state index contributed by atoms with van der Waals surface area (Å²) in [5.41, 5.74) is 3.52. The molecule has 1 N–H and O–H groups in total. The van der Waals surface area contributed by atoms with Crippen molar-refractivity contribution in [2.45, 2.75) is 39.0 Å². The van der Waals surface area contributed by atoms with Gasteiger partial charge in [0, 0.05) is 17.3 Å². The summed E-state index contributed by atoms with van der Waals surface area (Å²) >= 11 is 6.44. The zero-order chi connectivity index (χ0) is 26.6. The quantitative estimate of drug-likeness (QED) is 0.277. The van der Waals surface area contributed by atoms with Crippen molar-refractivity contribution in [1.82, 2.24) is 9.97 Å². The molecule has 0 unspecified atom stereocenters. The minimum absolute atomic E-state index is 0.0680. The van der Waals surface area contributed by atoms with Crippen LogP contribution in [0.1, 0.15) is 39.9 Å². The number of sulfone groups is 1. The number of aryl methyl sites for hydroxylation is 2. The molecule has 192 valence electrons. The number of anilines is 2. The Labute approximate surface area is 221 Å². The van der Waals surface area contributed by atoms with Gasteiger partial charge in [0.25, 0.3) is 5.91 Å². The Morgan fingerprint density at radius 1 is 1.08 bits per heavy atom. The van der Waals surface area contributed by atoms with Crippen LogP contribution in [0.5, 0.6) is 0 Å². The fourth-order valence-electron chi connectivity index (χ4n) is 3.74. The number of carbonyl (C=O) groups is 1. The van der Waals surface area contributed by atoms with Gasteiger partial charge in [-0.1, -0.05) is 48.9 Å². The molecule has 10 heteroatoms. The highest BCUT2D eigenvalue weighted by Gasteiger charge is 2.26. The van der Waals surface area contributed by atoms with Crippen LogP contribution in [0.2, 0.25) is 5.02 Å². The van der Waals surface area contributed by atoms with Crippen molar-refractivity contribution in [2.24, 2.45) is 0 Å². The number of aromatic nitrogens is 2. The largest absolute Gasteiger partial charge is 0.467 e. The minimum atomic E-state index is -3.76. The normalized spacial score (nSPS) is 11.4. The average Bonchev–Trinajstić information content (AvgIpc) is 3.40. The summed E-state index contributed by atoms with van der Waals surface area (Å²) in [7, 11) is -3.76. The van der Waals surface area contributed by atoms with E-state index >= 15 is 0 Å². The highest BCUT2D eigenvalue weighted by molar-refractivity contribution is 7.91. The Kier molecular flexibility index (Phi) is 7.94. The molecular formula is C27H27ClN4O4S. The third-order valence-corrected chi connectivity index (χ3v) is 7.73. The first-order valence-electron chi connectivity index (χ1n) is 11.7. The molecule has 0 aliphatic rings. The monoisotopic (exact) mass is 538 g/mol. The van der Waals surface area contributed by atoms with Gasteiger partial charge in [-0.05, 0) is 54.8 Å². The van der Waals surface area contributed by atoms with Gasteiger partial charge < -0.3 is 14.6 Å². The molecule has 2 heterocycles. The molecule has 2 aromatic heterocycles. The molecule has 1 amide bonds. The zero-order valence-electron chi connectivity index (χ0n) is 20.7. The number of furan rings is 1. The molecule has 8 nitrogen and oxygen atoms in total. The van der Waals surface area contributed by atoms with E-state index in [1.807, 2.05) is 61.2 Å². The molecule has 0 bridgehead atoms. The van der Waals surface area contributed by atoms with Gasteiger partial charge in [0.05, 0.1) is 30.4 Å². The summed E-state index contributed by atoms with van der Waals surface area (Å²) in [6.07, 6.45) is 2.93. The standard InChI is InChI=1S/C27H27ClN4O4S/c1-4-37(34,35)27-29-15-24(25(31-27)26(33)30-23-14-18(2)11-12-19(23)3)32(17-21-9-7-13-36-21)16-20-8-5-6-10-22(20)28/h5-15H,4,16-17H2,1-3H3,(H,30,33). The van der Waals surface area contributed by atoms with E-state index in [0.717, 1.165) is 16.7 Å². The van der Waals surface area contributed by atoms with Gasteiger partial charge in [-0.15, -0.1) is 0 Å². The van der Waals surface area contributed by atoms with Gasteiger partial charge in [0.2, 0.25) is 15.0 Å². The lowest BCUT2D eigenvalue weighted by Crippen LogP contribution is -2.28. The predicted octanol–water partition coefficient (Wildman–Crippen LogP) is 5.59. The predicted molar refractivity (Wildman–Crippen MR) is 144 cm³/mol. The lowest BCUT2D eigenvalue weighted by Gasteiger charge is -2.26. The van der Waals surface area contributed by atoms with Gasteiger partial charge in [-0.3, -0.25) is 4.79 Å². The molecule has 2 aromatic carbocycles. The molecule has 37 heavy (non-hydrogen) atoms. The molecule has 0 spiro atoms. The molecule has 0 aliphatic carbocycles. The number of carbonyl (C=O) groups excluding carboxylic acids is 1. The second-order valence-electron chi connectivity index (χ2n) is 8.59. The van der Waals surface area contributed by atoms with Crippen molar-refractivity contribution in [1.29, 1.82) is 0 Å². The Bertz CT molecular complexity index is 1520. The number of hydrogen-bond donors (Lipinski definition) is 1. The van der Waals surface area contributed by atoms with E-state index < -0.39 is 20.9 Å². The van der Waals surface area contributed by atoms with Crippen molar-refractivity contribution in [3.8, 4) is 0 Å². The topological polar surface area (TPSA) is 105 Å². The van der Waals surface area contributed by atoms with Crippen LogP contribution in [0.15, 0.2) is 76.6 Å². The number of benzene rings is 2. The molecule has 0 radical (unpaired) electrons. The average molecular weight is 539 g/mol. The Balaban J connectivity index is 1.83. The van der Waals surface area contributed by atoms with Crippen LogP contribution in [-0.4, -0.2) is 30.0 Å². The van der Waals surface area contributed by atoms with E-state index in [-0.39, 0.29) is 18.0 Å². The first kappa shape index (κ1) is 26.4. The third-order valence-electron chi connectivity index (χ3n) is 5.85. The van der Waals surface area contributed by atoms with E-state index in [4.69, 9.17) is 16.0 Å².